The first-order valence-corrected chi connectivity index (χ1v) is 7.80. The minimum Gasteiger partial charge on any atom is -0.390 e. The second kappa shape index (κ2) is 7.38. The number of benzene rings is 2. The Labute approximate surface area is 140 Å². The average Bonchev–Trinajstić information content (AvgIpc) is 2.47. The van der Waals surface area contributed by atoms with E-state index >= 15 is 0 Å². The smallest absolute Gasteiger partial charge is 0.153 e. The molecule has 2 aromatic carbocycles. The van der Waals surface area contributed by atoms with Gasteiger partial charge in [-0.25, -0.2) is 4.99 Å². The van der Waals surface area contributed by atoms with Crippen molar-refractivity contribution in [3.05, 3.63) is 62.5 Å². The van der Waals surface area contributed by atoms with E-state index in [0.29, 0.717) is 6.54 Å². The molecule has 2 aromatic rings. The summed E-state index contributed by atoms with van der Waals surface area (Å²) in [4.78, 5) is 3.77. The fourth-order valence-corrected chi connectivity index (χ4v) is 2.98. The quantitative estimate of drug-likeness (QED) is 0.524. The van der Waals surface area contributed by atoms with Gasteiger partial charge in [-0.15, -0.1) is 0 Å². The first-order chi connectivity index (χ1) is 10.1. The van der Waals surface area contributed by atoms with Crippen LogP contribution in [0, 0.1) is 5.41 Å². The highest BCUT2D eigenvalue weighted by Crippen LogP contribution is 2.23. The molecule has 0 atom stereocenters. The van der Waals surface area contributed by atoms with E-state index in [2.05, 4.69) is 42.2 Å². The summed E-state index contributed by atoms with van der Waals surface area (Å²) in [5, 5.41) is 11.1. The van der Waals surface area contributed by atoms with Gasteiger partial charge in [0.05, 0.1) is 6.34 Å². The number of nitrogens with one attached hydrogen (secondary N) is 2. The summed E-state index contributed by atoms with van der Waals surface area (Å²) >= 11 is 6.98. The van der Waals surface area contributed by atoms with Gasteiger partial charge in [-0.1, -0.05) is 50.1 Å². The number of rotatable bonds is 4. The Balaban J connectivity index is 2.10. The molecule has 0 saturated carbocycles. The third-order valence-electron chi connectivity index (χ3n) is 2.84. The van der Waals surface area contributed by atoms with Crippen LogP contribution in [-0.2, 0) is 6.54 Å². The molecule has 0 unspecified atom stereocenters. The minimum absolute atomic E-state index is 0.144. The van der Waals surface area contributed by atoms with E-state index in [9.17, 15) is 0 Å². The Morgan fingerprint density at radius 3 is 2.76 bits per heavy atom. The highest BCUT2D eigenvalue weighted by atomic mass is 79.9. The number of hydrogen-bond donors (Lipinski definition) is 3. The molecule has 0 spiro atoms. The number of nitrogens with zero attached hydrogens (tertiary/aromatic N) is 1. The van der Waals surface area contributed by atoms with E-state index < -0.39 is 0 Å². The molecule has 4 N–H and O–H groups in total. The topological polar surface area (TPSA) is 74.3 Å². The second-order valence-electron chi connectivity index (χ2n) is 4.30. The minimum atomic E-state index is 0.144. The summed E-state index contributed by atoms with van der Waals surface area (Å²) in [6.07, 6.45) is 1.13. The maximum absolute atomic E-state index is 7.76. The maximum Gasteiger partial charge on any atom is 0.153 e. The van der Waals surface area contributed by atoms with E-state index in [1.54, 1.807) is 0 Å². The van der Waals surface area contributed by atoms with Gasteiger partial charge in [0.15, 0.2) is 5.84 Å². The zero-order chi connectivity index (χ0) is 15.2. The van der Waals surface area contributed by atoms with Gasteiger partial charge in [-0.3, -0.25) is 5.41 Å². The van der Waals surface area contributed by atoms with E-state index in [1.807, 2.05) is 42.5 Å². The zero-order valence-corrected chi connectivity index (χ0v) is 14.3. The lowest BCUT2D eigenvalue weighted by Crippen LogP contribution is -2.03. The third-order valence-corrected chi connectivity index (χ3v) is 4.07. The first-order valence-electron chi connectivity index (χ1n) is 6.21. The summed E-state index contributed by atoms with van der Waals surface area (Å²) in [6.45, 7) is 0.685. The Bertz CT molecular complexity index is 683. The van der Waals surface area contributed by atoms with Gasteiger partial charge in [-0.05, 0) is 29.8 Å². The van der Waals surface area contributed by atoms with E-state index in [1.165, 1.54) is 0 Å². The molecular formula is C15H14Br2N4. The number of anilines is 1. The van der Waals surface area contributed by atoms with E-state index in [4.69, 9.17) is 11.1 Å². The lowest BCUT2D eigenvalue weighted by molar-refractivity contribution is 1.13. The van der Waals surface area contributed by atoms with Crippen molar-refractivity contribution in [2.45, 2.75) is 6.54 Å². The summed E-state index contributed by atoms with van der Waals surface area (Å²) < 4.78 is 2.08. The van der Waals surface area contributed by atoms with Crippen molar-refractivity contribution < 1.29 is 0 Å². The van der Waals surface area contributed by atoms with Crippen LogP contribution in [0.5, 0.6) is 0 Å². The Kier molecular flexibility index (Phi) is 5.52. The normalized spacial score (nSPS) is 10.8. The summed E-state index contributed by atoms with van der Waals surface area (Å²) in [6, 6.07) is 13.6. The number of amidine groups is 1. The fourth-order valence-electron chi connectivity index (χ4n) is 1.79. The Morgan fingerprint density at radius 2 is 2.05 bits per heavy atom. The molecule has 108 valence electrons. The van der Waals surface area contributed by atoms with Gasteiger partial charge in [0, 0.05) is 26.7 Å². The summed E-state index contributed by atoms with van der Waals surface area (Å²) in [7, 11) is 0. The molecular weight excluding hydrogens is 396 g/mol. The molecule has 6 heteroatoms. The van der Waals surface area contributed by atoms with Crippen molar-refractivity contribution in [3.8, 4) is 0 Å². The van der Waals surface area contributed by atoms with Gasteiger partial charge in [0.2, 0.25) is 0 Å². The van der Waals surface area contributed by atoms with Crippen molar-refractivity contribution in [3.63, 3.8) is 0 Å². The van der Waals surface area contributed by atoms with Crippen molar-refractivity contribution in [2.75, 3.05) is 5.32 Å². The van der Waals surface area contributed by atoms with Crippen molar-refractivity contribution >= 4 is 49.7 Å². The summed E-state index contributed by atoms with van der Waals surface area (Å²) in [5.41, 5.74) is 8.01. The monoisotopic (exact) mass is 408 g/mol. The van der Waals surface area contributed by atoms with Crippen LogP contribution in [0.1, 0.15) is 11.1 Å². The number of hydrogen-bond acceptors (Lipinski definition) is 2. The Hall–Kier alpha value is -1.66. The van der Waals surface area contributed by atoms with Crippen molar-refractivity contribution in [1.29, 1.82) is 5.41 Å². The van der Waals surface area contributed by atoms with E-state index in [0.717, 1.165) is 32.1 Å². The predicted molar refractivity (Wildman–Crippen MR) is 95.1 cm³/mol. The molecule has 0 heterocycles. The SMILES string of the molecule is N=C(N=CN)c1cccc(NCc2ccc(Br)cc2Br)c1. The van der Waals surface area contributed by atoms with Crippen LogP contribution in [0.25, 0.3) is 0 Å². The molecule has 21 heavy (non-hydrogen) atoms. The van der Waals surface area contributed by atoms with Crippen LogP contribution in [0.4, 0.5) is 5.69 Å². The largest absolute Gasteiger partial charge is 0.390 e. The molecule has 0 saturated heterocycles. The molecule has 0 fully saturated rings. The van der Waals surface area contributed by atoms with Gasteiger partial charge < -0.3 is 11.1 Å². The third kappa shape index (κ3) is 4.41. The first kappa shape index (κ1) is 15.7. The predicted octanol–water partition coefficient (Wildman–Crippen LogP) is 4.14. The molecule has 0 bridgehead atoms. The molecule has 0 aliphatic heterocycles. The lowest BCUT2D eigenvalue weighted by Gasteiger charge is -2.10. The highest BCUT2D eigenvalue weighted by molar-refractivity contribution is 9.11. The molecule has 0 radical (unpaired) electrons. The zero-order valence-electron chi connectivity index (χ0n) is 11.1. The molecule has 0 aromatic heterocycles. The standard InChI is InChI=1S/C15H14Br2N4/c16-12-5-4-11(14(17)7-12)8-20-13-3-1-2-10(6-13)15(19)21-9-18/h1-7,9,20H,8H2,(H3,18,19,21). The van der Waals surface area contributed by atoms with Crippen LogP contribution in [0.2, 0.25) is 0 Å². The van der Waals surface area contributed by atoms with Crippen LogP contribution >= 0.6 is 31.9 Å². The van der Waals surface area contributed by atoms with Gasteiger partial charge in [-0.2, -0.15) is 0 Å². The molecule has 4 nitrogen and oxygen atoms in total. The highest BCUT2D eigenvalue weighted by Gasteiger charge is 2.03. The van der Waals surface area contributed by atoms with Gasteiger partial charge >= 0.3 is 0 Å². The number of halogens is 2. The van der Waals surface area contributed by atoms with Crippen LogP contribution in [0.3, 0.4) is 0 Å². The van der Waals surface area contributed by atoms with Crippen LogP contribution in [0.15, 0.2) is 56.4 Å². The molecule has 0 aliphatic carbocycles. The number of aliphatic imine (C=N–C) groups is 1. The number of nitrogens with two attached hydrogens (primary N) is 1. The van der Waals surface area contributed by atoms with E-state index in [-0.39, 0.29) is 5.84 Å². The Morgan fingerprint density at radius 1 is 1.24 bits per heavy atom. The van der Waals surface area contributed by atoms with Crippen molar-refractivity contribution in [2.24, 2.45) is 10.7 Å². The molecule has 0 amide bonds. The maximum atomic E-state index is 7.76. The molecule has 2 rings (SSSR count). The van der Waals surface area contributed by atoms with Gasteiger partial charge in [0.25, 0.3) is 0 Å². The average molecular weight is 410 g/mol. The van der Waals surface area contributed by atoms with Crippen molar-refractivity contribution in [1.82, 2.24) is 0 Å². The van der Waals surface area contributed by atoms with Gasteiger partial charge in [0.1, 0.15) is 0 Å². The lowest BCUT2D eigenvalue weighted by atomic mass is 10.1. The second-order valence-corrected chi connectivity index (χ2v) is 6.07. The molecule has 0 aliphatic rings. The fraction of sp³-hybridized carbons (Fsp3) is 0.0667. The summed E-state index contributed by atoms with van der Waals surface area (Å²) in [5.74, 6) is 0.144. The van der Waals surface area contributed by atoms with Crippen LogP contribution < -0.4 is 11.1 Å². The van der Waals surface area contributed by atoms with Crippen LogP contribution in [-0.4, -0.2) is 12.2 Å².